The van der Waals surface area contributed by atoms with Crippen molar-refractivity contribution in [1.82, 2.24) is 15.0 Å². The van der Waals surface area contributed by atoms with Crippen molar-refractivity contribution in [2.75, 3.05) is 0 Å². The molecule has 9 rings (SSSR count). The largest absolute Gasteiger partial charge is 0.208 e. The molecule has 0 aliphatic rings. The lowest BCUT2D eigenvalue weighted by molar-refractivity contribution is 1.07. The molecule has 0 amide bonds. The molecule has 0 aliphatic heterocycles. The fourth-order valence-electron chi connectivity index (χ4n) is 6.58. The minimum absolute atomic E-state index is 0.650. The van der Waals surface area contributed by atoms with Gasteiger partial charge in [0.1, 0.15) is 0 Å². The van der Waals surface area contributed by atoms with Gasteiger partial charge in [0.25, 0.3) is 0 Å². The van der Waals surface area contributed by atoms with Crippen molar-refractivity contribution in [3.05, 3.63) is 164 Å². The van der Waals surface area contributed by atoms with Crippen LogP contribution in [0.5, 0.6) is 0 Å². The smallest absolute Gasteiger partial charge is 0.164 e. The molecule has 0 N–H and O–H groups in total. The average molecular weight is 586 g/mol. The van der Waals surface area contributed by atoms with Crippen LogP contribution in [-0.4, -0.2) is 15.0 Å². The van der Waals surface area contributed by atoms with E-state index in [1.807, 2.05) is 30.3 Å². The second-order valence-electron chi connectivity index (χ2n) is 11.7. The zero-order valence-electron chi connectivity index (χ0n) is 24.9. The first-order valence-electron chi connectivity index (χ1n) is 15.5. The topological polar surface area (TPSA) is 38.7 Å². The Morgan fingerprint density at radius 3 is 1.33 bits per heavy atom. The molecule has 1 heterocycles. The highest BCUT2D eigenvalue weighted by Crippen LogP contribution is 2.37. The van der Waals surface area contributed by atoms with E-state index < -0.39 is 0 Å². The van der Waals surface area contributed by atoms with Gasteiger partial charge in [0.2, 0.25) is 0 Å². The standard InChI is InChI=1S/C43H27N3/c1-2-11-30(12-3-1)41-44-42(31-21-18-29(19-22-31)33-23-20-28-10-4-5-13-32(28)26-33)46-43(45-41)34-24-25-39-37-16-7-6-14-35(37)36-15-8-9-17-38(36)40(39)27-34/h1-27H. The van der Waals surface area contributed by atoms with E-state index in [0.29, 0.717) is 17.5 Å². The first-order valence-corrected chi connectivity index (χ1v) is 15.5. The summed E-state index contributed by atoms with van der Waals surface area (Å²) in [5.74, 6) is 1.96. The minimum Gasteiger partial charge on any atom is -0.208 e. The van der Waals surface area contributed by atoms with Crippen LogP contribution in [0, 0.1) is 0 Å². The van der Waals surface area contributed by atoms with Crippen LogP contribution in [0.2, 0.25) is 0 Å². The van der Waals surface area contributed by atoms with Crippen molar-refractivity contribution < 1.29 is 0 Å². The summed E-state index contributed by atoms with van der Waals surface area (Å²) in [6.45, 7) is 0. The fraction of sp³-hybridized carbons (Fsp3) is 0. The van der Waals surface area contributed by atoms with Gasteiger partial charge in [-0.05, 0) is 66.3 Å². The maximum absolute atomic E-state index is 5.07. The zero-order chi connectivity index (χ0) is 30.5. The summed E-state index contributed by atoms with van der Waals surface area (Å²) in [4.78, 5) is 15.1. The Kier molecular flexibility index (Phi) is 6.14. The van der Waals surface area contributed by atoms with Gasteiger partial charge in [-0.25, -0.2) is 15.0 Å². The van der Waals surface area contributed by atoms with Crippen LogP contribution in [0.1, 0.15) is 0 Å². The van der Waals surface area contributed by atoms with Gasteiger partial charge >= 0.3 is 0 Å². The van der Waals surface area contributed by atoms with E-state index in [2.05, 4.69) is 133 Å². The predicted octanol–water partition coefficient (Wildman–Crippen LogP) is 11.2. The molecule has 3 heteroatoms. The molecular formula is C43H27N3. The van der Waals surface area contributed by atoms with Crippen molar-refractivity contribution in [3.63, 3.8) is 0 Å². The highest BCUT2D eigenvalue weighted by molar-refractivity contribution is 6.25. The molecule has 9 aromatic rings. The van der Waals surface area contributed by atoms with Crippen molar-refractivity contribution in [3.8, 4) is 45.3 Å². The summed E-state index contributed by atoms with van der Waals surface area (Å²) >= 11 is 0. The Bertz CT molecular complexity index is 2540. The van der Waals surface area contributed by atoms with E-state index in [0.717, 1.165) is 22.3 Å². The first-order chi connectivity index (χ1) is 22.8. The van der Waals surface area contributed by atoms with E-state index in [4.69, 9.17) is 15.0 Å². The molecule has 0 radical (unpaired) electrons. The quantitative estimate of drug-likeness (QED) is 0.193. The lowest BCUT2D eigenvalue weighted by Gasteiger charge is -2.12. The van der Waals surface area contributed by atoms with Gasteiger partial charge in [-0.3, -0.25) is 0 Å². The highest BCUT2D eigenvalue weighted by Gasteiger charge is 2.15. The molecule has 3 nitrogen and oxygen atoms in total. The normalized spacial score (nSPS) is 11.5. The highest BCUT2D eigenvalue weighted by atomic mass is 15.0. The Hall–Kier alpha value is -6.19. The van der Waals surface area contributed by atoms with Crippen molar-refractivity contribution in [2.24, 2.45) is 0 Å². The molecule has 8 aromatic carbocycles. The van der Waals surface area contributed by atoms with E-state index in [9.17, 15) is 0 Å². The Balaban J connectivity index is 1.19. The number of aromatic nitrogens is 3. The maximum Gasteiger partial charge on any atom is 0.164 e. The lowest BCUT2D eigenvalue weighted by atomic mass is 9.93. The Morgan fingerprint density at radius 1 is 0.239 bits per heavy atom. The Labute approximate surface area is 266 Å². The van der Waals surface area contributed by atoms with Crippen molar-refractivity contribution >= 4 is 43.1 Å². The predicted molar refractivity (Wildman–Crippen MR) is 192 cm³/mol. The first kappa shape index (κ1) is 26.2. The van der Waals surface area contributed by atoms with E-state index in [1.165, 1.54) is 48.7 Å². The maximum atomic E-state index is 5.07. The molecule has 0 fully saturated rings. The lowest BCUT2D eigenvalue weighted by Crippen LogP contribution is -2.00. The number of benzene rings is 8. The van der Waals surface area contributed by atoms with E-state index in [-0.39, 0.29) is 0 Å². The zero-order valence-corrected chi connectivity index (χ0v) is 24.9. The summed E-state index contributed by atoms with van der Waals surface area (Å²) in [5.41, 5.74) is 5.20. The summed E-state index contributed by atoms with van der Waals surface area (Å²) in [7, 11) is 0. The number of rotatable bonds is 4. The van der Waals surface area contributed by atoms with Crippen LogP contribution in [-0.2, 0) is 0 Å². The molecule has 0 aliphatic carbocycles. The van der Waals surface area contributed by atoms with Gasteiger partial charge in [-0.15, -0.1) is 0 Å². The number of fused-ring (bicyclic) bond motifs is 7. The van der Waals surface area contributed by atoms with Gasteiger partial charge < -0.3 is 0 Å². The van der Waals surface area contributed by atoms with Crippen LogP contribution in [0.3, 0.4) is 0 Å². The van der Waals surface area contributed by atoms with Gasteiger partial charge in [0.05, 0.1) is 0 Å². The SMILES string of the molecule is c1ccc(-c2nc(-c3ccc(-c4ccc5ccccc5c4)cc3)nc(-c3ccc4c5ccccc5c5ccccc5c4c3)n2)cc1. The van der Waals surface area contributed by atoms with Crippen LogP contribution in [0.4, 0.5) is 0 Å². The third kappa shape index (κ3) is 4.49. The van der Waals surface area contributed by atoms with Crippen molar-refractivity contribution in [1.29, 1.82) is 0 Å². The third-order valence-electron chi connectivity index (χ3n) is 8.90. The number of hydrogen-bond acceptors (Lipinski definition) is 3. The van der Waals surface area contributed by atoms with Crippen LogP contribution < -0.4 is 0 Å². The number of nitrogens with zero attached hydrogens (tertiary/aromatic N) is 3. The molecule has 1 aromatic heterocycles. The summed E-state index contributed by atoms with van der Waals surface area (Å²) in [5, 5.41) is 9.86. The molecule has 46 heavy (non-hydrogen) atoms. The van der Waals surface area contributed by atoms with Gasteiger partial charge in [-0.2, -0.15) is 0 Å². The summed E-state index contributed by atoms with van der Waals surface area (Å²) in [6, 6.07) is 57.6. The average Bonchev–Trinajstić information content (AvgIpc) is 3.15. The molecule has 0 spiro atoms. The summed E-state index contributed by atoms with van der Waals surface area (Å²) < 4.78 is 0. The van der Waals surface area contributed by atoms with Crippen LogP contribution in [0.15, 0.2) is 164 Å². The van der Waals surface area contributed by atoms with Gasteiger partial charge in [0.15, 0.2) is 17.5 Å². The molecule has 0 saturated carbocycles. The molecule has 0 bridgehead atoms. The van der Waals surface area contributed by atoms with Crippen LogP contribution in [0.25, 0.3) is 88.4 Å². The second kappa shape index (κ2) is 10.8. The van der Waals surface area contributed by atoms with Crippen molar-refractivity contribution in [2.45, 2.75) is 0 Å². The van der Waals surface area contributed by atoms with Crippen LogP contribution >= 0.6 is 0 Å². The fourth-order valence-corrected chi connectivity index (χ4v) is 6.58. The minimum atomic E-state index is 0.650. The van der Waals surface area contributed by atoms with Gasteiger partial charge in [0, 0.05) is 16.7 Å². The number of hydrogen-bond donors (Lipinski definition) is 0. The molecule has 0 atom stereocenters. The molecular weight excluding hydrogens is 558 g/mol. The second-order valence-corrected chi connectivity index (χ2v) is 11.7. The molecule has 0 saturated heterocycles. The molecule has 0 unspecified atom stereocenters. The Morgan fingerprint density at radius 2 is 0.674 bits per heavy atom. The monoisotopic (exact) mass is 585 g/mol. The summed E-state index contributed by atoms with van der Waals surface area (Å²) in [6.07, 6.45) is 0. The van der Waals surface area contributed by atoms with E-state index in [1.54, 1.807) is 0 Å². The molecule has 214 valence electrons. The van der Waals surface area contributed by atoms with E-state index >= 15 is 0 Å². The van der Waals surface area contributed by atoms with Gasteiger partial charge in [-0.1, -0.05) is 152 Å². The third-order valence-corrected chi connectivity index (χ3v) is 8.90.